The molecule has 1 fully saturated rings. The van der Waals surface area contributed by atoms with Crippen LogP contribution in [0.2, 0.25) is 0 Å². The highest BCUT2D eigenvalue weighted by Crippen LogP contribution is 2.32. The van der Waals surface area contributed by atoms with Crippen molar-refractivity contribution in [3.63, 3.8) is 0 Å². The fourth-order valence-corrected chi connectivity index (χ4v) is 3.75. The van der Waals surface area contributed by atoms with E-state index in [0.29, 0.717) is 6.54 Å². The molecule has 0 aliphatic carbocycles. The number of rotatable bonds is 5. The summed E-state index contributed by atoms with van der Waals surface area (Å²) >= 11 is 1.57. The van der Waals surface area contributed by atoms with E-state index in [1.54, 1.807) is 11.8 Å². The smallest absolute Gasteiger partial charge is 0.237 e. The van der Waals surface area contributed by atoms with Gasteiger partial charge in [-0.25, -0.2) is 0 Å². The Hall–Kier alpha value is -2.27. The number of thioether (sulfide) groups is 1. The average molecular weight is 354 g/mol. The summed E-state index contributed by atoms with van der Waals surface area (Å²) in [7, 11) is 0. The topological polar surface area (TPSA) is 58.2 Å². The van der Waals surface area contributed by atoms with Crippen LogP contribution in [-0.2, 0) is 16.0 Å². The van der Waals surface area contributed by atoms with Crippen molar-refractivity contribution in [1.29, 1.82) is 0 Å². The molecule has 4 nitrogen and oxygen atoms in total. The van der Waals surface area contributed by atoms with Crippen LogP contribution in [0.25, 0.3) is 0 Å². The summed E-state index contributed by atoms with van der Waals surface area (Å²) in [6, 6.07) is 15.8. The fourth-order valence-electron chi connectivity index (χ4n) is 3.19. The van der Waals surface area contributed by atoms with Gasteiger partial charge in [0.05, 0.1) is 5.69 Å². The molecule has 0 bridgehead atoms. The van der Waals surface area contributed by atoms with Crippen LogP contribution in [0.1, 0.15) is 24.0 Å². The lowest BCUT2D eigenvalue weighted by molar-refractivity contribution is -0.130. The molecular weight excluding hydrogens is 332 g/mol. The van der Waals surface area contributed by atoms with Gasteiger partial charge in [-0.2, -0.15) is 0 Å². The second-order valence-electron chi connectivity index (χ2n) is 6.11. The Morgan fingerprint density at radius 3 is 2.60 bits per heavy atom. The average Bonchev–Trinajstić information content (AvgIpc) is 3.04. The summed E-state index contributed by atoms with van der Waals surface area (Å²) in [5, 5.41) is 5.77. The number of nitrogens with one attached hydrogen (secondary N) is 2. The normalized spacial score (nSPS) is 19.5. The van der Waals surface area contributed by atoms with Gasteiger partial charge in [-0.3, -0.25) is 9.59 Å². The summed E-state index contributed by atoms with van der Waals surface area (Å²) < 4.78 is 0. The van der Waals surface area contributed by atoms with E-state index < -0.39 is 5.92 Å². The van der Waals surface area contributed by atoms with E-state index in [-0.39, 0.29) is 17.7 Å². The molecule has 2 aromatic rings. The van der Waals surface area contributed by atoms with Crippen LogP contribution in [0.15, 0.2) is 53.4 Å². The lowest BCUT2D eigenvalue weighted by atomic mass is 9.87. The van der Waals surface area contributed by atoms with E-state index in [9.17, 15) is 9.59 Å². The zero-order valence-electron chi connectivity index (χ0n) is 14.4. The van der Waals surface area contributed by atoms with Crippen molar-refractivity contribution in [2.75, 3.05) is 18.1 Å². The second kappa shape index (κ2) is 7.74. The number of amides is 2. The van der Waals surface area contributed by atoms with E-state index in [2.05, 4.69) is 29.7 Å². The number of anilines is 1. The molecule has 1 heterocycles. The molecule has 0 spiro atoms. The number of carbonyl (C=O) groups is 2. The van der Waals surface area contributed by atoms with Gasteiger partial charge in [-0.1, -0.05) is 43.3 Å². The molecule has 1 aliphatic rings. The van der Waals surface area contributed by atoms with Gasteiger partial charge in [-0.05, 0) is 35.9 Å². The lowest BCUT2D eigenvalue weighted by Crippen LogP contribution is -2.32. The van der Waals surface area contributed by atoms with E-state index in [4.69, 9.17) is 0 Å². The minimum absolute atomic E-state index is 0.139. The molecule has 2 aromatic carbocycles. The Kier molecular flexibility index (Phi) is 5.43. The van der Waals surface area contributed by atoms with Crippen molar-refractivity contribution in [3.8, 4) is 0 Å². The maximum atomic E-state index is 12.8. The van der Waals surface area contributed by atoms with Gasteiger partial charge in [0.15, 0.2) is 0 Å². The van der Waals surface area contributed by atoms with Crippen LogP contribution >= 0.6 is 11.8 Å². The van der Waals surface area contributed by atoms with E-state index in [0.717, 1.165) is 22.6 Å². The summed E-state index contributed by atoms with van der Waals surface area (Å²) in [6.45, 7) is 2.60. The van der Waals surface area contributed by atoms with E-state index >= 15 is 0 Å². The molecule has 130 valence electrons. The third-order valence-electron chi connectivity index (χ3n) is 4.64. The Morgan fingerprint density at radius 2 is 1.92 bits per heavy atom. The number of aryl methyl sites for hydroxylation is 1. The summed E-state index contributed by atoms with van der Waals surface area (Å²) in [4.78, 5) is 26.1. The summed E-state index contributed by atoms with van der Waals surface area (Å²) in [5.74, 6) is -1.30. The molecule has 0 saturated carbocycles. The number of benzene rings is 2. The maximum Gasteiger partial charge on any atom is 0.237 e. The number of hydrogen-bond donors (Lipinski definition) is 2. The first-order valence-corrected chi connectivity index (χ1v) is 9.67. The molecule has 1 aliphatic heterocycles. The Morgan fingerprint density at radius 1 is 1.20 bits per heavy atom. The predicted octanol–water partition coefficient (Wildman–Crippen LogP) is 3.44. The van der Waals surface area contributed by atoms with Crippen molar-refractivity contribution >= 4 is 29.3 Å². The van der Waals surface area contributed by atoms with Gasteiger partial charge < -0.3 is 10.6 Å². The number of carbonyl (C=O) groups excluding carboxylic acids is 2. The molecule has 0 radical (unpaired) electrons. The third-order valence-corrected chi connectivity index (χ3v) is 5.44. The van der Waals surface area contributed by atoms with Crippen LogP contribution in [0.4, 0.5) is 5.69 Å². The van der Waals surface area contributed by atoms with Crippen LogP contribution in [0, 0.1) is 5.92 Å². The minimum atomic E-state index is -0.706. The van der Waals surface area contributed by atoms with Gasteiger partial charge in [0.1, 0.15) is 5.92 Å². The molecule has 2 amide bonds. The first-order chi connectivity index (χ1) is 12.1. The Balaban J connectivity index is 1.82. The summed E-state index contributed by atoms with van der Waals surface area (Å²) in [5.41, 5.74) is 3.02. The zero-order valence-corrected chi connectivity index (χ0v) is 15.2. The largest absolute Gasteiger partial charge is 0.355 e. The summed E-state index contributed by atoms with van der Waals surface area (Å²) in [6.07, 6.45) is 2.93. The minimum Gasteiger partial charge on any atom is -0.355 e. The lowest BCUT2D eigenvalue weighted by Gasteiger charge is -2.18. The highest BCUT2D eigenvalue weighted by molar-refractivity contribution is 7.98. The van der Waals surface area contributed by atoms with Crippen LogP contribution in [-0.4, -0.2) is 24.6 Å². The Labute approximate surface area is 152 Å². The highest BCUT2D eigenvalue weighted by Gasteiger charge is 2.41. The van der Waals surface area contributed by atoms with Crippen LogP contribution < -0.4 is 10.6 Å². The van der Waals surface area contributed by atoms with Crippen molar-refractivity contribution < 1.29 is 9.59 Å². The highest BCUT2D eigenvalue weighted by atomic mass is 32.2. The molecule has 2 atom stereocenters. The monoisotopic (exact) mass is 354 g/mol. The number of hydrogen-bond acceptors (Lipinski definition) is 3. The quantitative estimate of drug-likeness (QED) is 0.639. The molecule has 5 heteroatoms. The first kappa shape index (κ1) is 17.5. The Bertz CT molecular complexity index is 774. The maximum absolute atomic E-state index is 12.8. The van der Waals surface area contributed by atoms with Crippen molar-refractivity contribution in [1.82, 2.24) is 5.32 Å². The third kappa shape index (κ3) is 3.71. The van der Waals surface area contributed by atoms with Crippen LogP contribution in [0.3, 0.4) is 0 Å². The van der Waals surface area contributed by atoms with Crippen molar-refractivity contribution in [2.24, 2.45) is 5.92 Å². The van der Waals surface area contributed by atoms with E-state index in [1.165, 1.54) is 5.56 Å². The van der Waals surface area contributed by atoms with E-state index in [1.807, 2.05) is 42.7 Å². The van der Waals surface area contributed by atoms with Gasteiger partial charge in [-0.15, -0.1) is 11.8 Å². The molecule has 3 rings (SSSR count). The fraction of sp³-hybridized carbons (Fsp3) is 0.300. The van der Waals surface area contributed by atoms with Crippen molar-refractivity contribution in [2.45, 2.75) is 24.2 Å². The second-order valence-corrected chi connectivity index (χ2v) is 6.96. The molecule has 0 aromatic heterocycles. The molecular formula is C20H22N2O2S. The predicted molar refractivity (Wildman–Crippen MR) is 102 cm³/mol. The first-order valence-electron chi connectivity index (χ1n) is 8.44. The van der Waals surface area contributed by atoms with Gasteiger partial charge in [0.2, 0.25) is 11.8 Å². The van der Waals surface area contributed by atoms with Gasteiger partial charge in [0.25, 0.3) is 0 Å². The molecule has 1 saturated heterocycles. The van der Waals surface area contributed by atoms with Crippen molar-refractivity contribution in [3.05, 3.63) is 59.7 Å². The van der Waals surface area contributed by atoms with Gasteiger partial charge in [0, 0.05) is 17.4 Å². The standard InChI is InChI=1S/C20H22N2O2S/c1-3-13-8-10-14(11-9-13)15-12-21-19(23)18(15)20(24)22-16-6-4-5-7-17(16)25-2/h4-11,15,18H,3,12H2,1-2H3,(H,21,23)(H,22,24)/t15-,18-/m1/s1. The number of para-hydroxylation sites is 1. The van der Waals surface area contributed by atoms with Gasteiger partial charge >= 0.3 is 0 Å². The molecule has 2 N–H and O–H groups in total. The SMILES string of the molecule is CCc1ccc([C@H]2CNC(=O)[C@@H]2C(=O)Nc2ccccc2SC)cc1. The van der Waals surface area contributed by atoms with Crippen LogP contribution in [0.5, 0.6) is 0 Å². The zero-order chi connectivity index (χ0) is 17.8. The molecule has 0 unspecified atom stereocenters. The molecule has 25 heavy (non-hydrogen) atoms.